The summed E-state index contributed by atoms with van der Waals surface area (Å²) in [4.78, 5) is 11.6. The van der Waals surface area contributed by atoms with Gasteiger partial charge in [-0.05, 0) is 31.5 Å². The molecule has 1 fully saturated rings. The first-order chi connectivity index (χ1) is 12.8. The van der Waals surface area contributed by atoms with E-state index < -0.39 is 6.10 Å². The van der Waals surface area contributed by atoms with Crippen molar-refractivity contribution in [3.05, 3.63) is 29.8 Å². The summed E-state index contributed by atoms with van der Waals surface area (Å²) in [6, 6.07) is 7.50. The Morgan fingerprint density at radius 2 is 1.50 bits per heavy atom. The molecule has 1 aliphatic rings. The second-order valence-electron chi connectivity index (χ2n) is 5.57. The van der Waals surface area contributed by atoms with Crippen LogP contribution in [0.3, 0.4) is 0 Å². The van der Waals surface area contributed by atoms with Crippen LogP contribution in [-0.2, 0) is 28.5 Å². The number of esters is 1. The Morgan fingerprint density at radius 3 is 2.12 bits per heavy atom. The van der Waals surface area contributed by atoms with Crippen LogP contribution in [0, 0.1) is 0 Å². The summed E-state index contributed by atoms with van der Waals surface area (Å²) in [7, 11) is 0. The molecule has 7 heteroatoms. The normalized spacial score (nSPS) is 18.5. The third kappa shape index (κ3) is 7.29. The summed E-state index contributed by atoms with van der Waals surface area (Å²) in [5.74, 6) is 0.440. The number of hydrogen-bond donors (Lipinski definition) is 0. The van der Waals surface area contributed by atoms with Gasteiger partial charge in [0.15, 0.2) is 6.10 Å². The molecule has 0 N–H and O–H groups in total. The highest BCUT2D eigenvalue weighted by Gasteiger charge is 2.47. The quantitative estimate of drug-likeness (QED) is 0.283. The molecule has 0 aromatic heterocycles. The Morgan fingerprint density at radius 1 is 0.885 bits per heavy atom. The lowest BCUT2D eigenvalue weighted by atomic mass is 10.1. The molecule has 146 valence electrons. The topological polar surface area (TPSA) is 75.8 Å². The smallest absolute Gasteiger partial charge is 0.338 e. The van der Waals surface area contributed by atoms with E-state index in [4.69, 9.17) is 28.4 Å². The van der Waals surface area contributed by atoms with Gasteiger partial charge < -0.3 is 28.4 Å². The van der Waals surface area contributed by atoms with Gasteiger partial charge in [0.1, 0.15) is 18.5 Å². The van der Waals surface area contributed by atoms with E-state index in [0.717, 1.165) is 11.3 Å². The maximum Gasteiger partial charge on any atom is 0.338 e. The van der Waals surface area contributed by atoms with E-state index in [9.17, 15) is 4.79 Å². The van der Waals surface area contributed by atoms with E-state index in [-0.39, 0.29) is 12.1 Å². The van der Waals surface area contributed by atoms with E-state index in [1.54, 1.807) is 6.92 Å². The fourth-order valence-electron chi connectivity index (χ4n) is 2.33. The fraction of sp³-hybridized carbons (Fsp3) is 0.632. The van der Waals surface area contributed by atoms with Crippen molar-refractivity contribution in [3.63, 3.8) is 0 Å². The second kappa shape index (κ2) is 11.9. The van der Waals surface area contributed by atoms with Crippen molar-refractivity contribution < 1.29 is 33.2 Å². The molecule has 2 rings (SSSR count). The first kappa shape index (κ1) is 20.6. The van der Waals surface area contributed by atoms with Gasteiger partial charge in [-0.25, -0.2) is 4.79 Å². The highest BCUT2D eigenvalue weighted by molar-refractivity contribution is 5.78. The standard InChI is InChI=1S/C19H28O7/c1-3-21-9-10-22-11-12-23-13-14-25-16-7-5-15(6-8-16)17-18(26-17)19(20)24-4-2/h5-8,17-18H,3-4,9-14H2,1-2H3/t17-,18+/m0/s1. The Kier molecular flexibility index (Phi) is 9.41. The van der Waals surface area contributed by atoms with Crippen LogP contribution in [0.4, 0.5) is 0 Å². The molecule has 2 atom stereocenters. The number of hydrogen-bond acceptors (Lipinski definition) is 7. The number of benzene rings is 1. The molecule has 0 unspecified atom stereocenters. The first-order valence-corrected chi connectivity index (χ1v) is 9.04. The Bertz CT molecular complexity index is 517. The van der Waals surface area contributed by atoms with Crippen molar-refractivity contribution in [2.75, 3.05) is 52.9 Å². The largest absolute Gasteiger partial charge is 0.491 e. The molecule has 1 aromatic carbocycles. The van der Waals surface area contributed by atoms with Crippen molar-refractivity contribution in [2.45, 2.75) is 26.1 Å². The molecule has 7 nitrogen and oxygen atoms in total. The van der Waals surface area contributed by atoms with Gasteiger partial charge in [-0.3, -0.25) is 0 Å². The molecule has 0 aliphatic carbocycles. The van der Waals surface area contributed by atoms with Crippen LogP contribution in [0.25, 0.3) is 0 Å². The van der Waals surface area contributed by atoms with E-state index in [1.807, 2.05) is 31.2 Å². The van der Waals surface area contributed by atoms with Crippen molar-refractivity contribution in [1.29, 1.82) is 0 Å². The molecule has 1 aromatic rings. The lowest BCUT2D eigenvalue weighted by Crippen LogP contribution is -2.12. The zero-order chi connectivity index (χ0) is 18.6. The third-order valence-corrected chi connectivity index (χ3v) is 3.66. The van der Waals surface area contributed by atoms with Gasteiger partial charge >= 0.3 is 5.97 Å². The van der Waals surface area contributed by atoms with Gasteiger partial charge in [0.25, 0.3) is 0 Å². The summed E-state index contributed by atoms with van der Waals surface area (Å²) >= 11 is 0. The molecule has 0 spiro atoms. The average Bonchev–Trinajstić information content (AvgIpc) is 3.45. The van der Waals surface area contributed by atoms with Gasteiger partial charge in [0, 0.05) is 6.61 Å². The molecular weight excluding hydrogens is 340 g/mol. The highest BCUT2D eigenvalue weighted by Crippen LogP contribution is 2.39. The van der Waals surface area contributed by atoms with Crippen LogP contribution in [0.1, 0.15) is 25.5 Å². The summed E-state index contributed by atoms with van der Waals surface area (Å²) in [6.07, 6.45) is -0.694. The lowest BCUT2D eigenvalue weighted by Gasteiger charge is -2.08. The SMILES string of the molecule is CCOCCOCCOCCOc1ccc([C@@H]2O[C@H]2C(=O)OCC)cc1. The zero-order valence-electron chi connectivity index (χ0n) is 15.5. The minimum Gasteiger partial charge on any atom is -0.491 e. The Balaban J connectivity index is 1.53. The predicted molar refractivity (Wildman–Crippen MR) is 94.3 cm³/mol. The summed E-state index contributed by atoms with van der Waals surface area (Å²) in [6.45, 7) is 8.03. The fourth-order valence-corrected chi connectivity index (χ4v) is 2.33. The van der Waals surface area contributed by atoms with Crippen molar-refractivity contribution >= 4 is 5.97 Å². The molecule has 1 aliphatic heterocycles. The minimum absolute atomic E-state index is 0.214. The van der Waals surface area contributed by atoms with E-state index >= 15 is 0 Å². The molecule has 1 heterocycles. The van der Waals surface area contributed by atoms with Crippen LogP contribution in [0.5, 0.6) is 5.75 Å². The van der Waals surface area contributed by atoms with Crippen LogP contribution >= 0.6 is 0 Å². The third-order valence-electron chi connectivity index (χ3n) is 3.66. The lowest BCUT2D eigenvalue weighted by molar-refractivity contribution is -0.144. The maximum absolute atomic E-state index is 11.6. The van der Waals surface area contributed by atoms with Crippen LogP contribution < -0.4 is 4.74 Å². The van der Waals surface area contributed by atoms with Gasteiger partial charge in [-0.2, -0.15) is 0 Å². The number of epoxide rings is 1. The van der Waals surface area contributed by atoms with Gasteiger partial charge in [-0.15, -0.1) is 0 Å². The number of carbonyl (C=O) groups is 1. The average molecular weight is 368 g/mol. The Hall–Kier alpha value is -1.67. The minimum atomic E-state index is -0.481. The van der Waals surface area contributed by atoms with Crippen molar-refractivity contribution in [1.82, 2.24) is 0 Å². The first-order valence-electron chi connectivity index (χ1n) is 9.04. The van der Waals surface area contributed by atoms with E-state index in [2.05, 4.69) is 0 Å². The van der Waals surface area contributed by atoms with Gasteiger partial charge in [0.05, 0.1) is 39.6 Å². The van der Waals surface area contributed by atoms with Crippen molar-refractivity contribution in [3.8, 4) is 5.75 Å². The summed E-state index contributed by atoms with van der Waals surface area (Å²) < 4.78 is 31.9. The molecule has 26 heavy (non-hydrogen) atoms. The van der Waals surface area contributed by atoms with Crippen LogP contribution in [-0.4, -0.2) is 64.9 Å². The van der Waals surface area contributed by atoms with Gasteiger partial charge in [0.2, 0.25) is 0 Å². The summed E-state index contributed by atoms with van der Waals surface area (Å²) in [5.41, 5.74) is 0.941. The van der Waals surface area contributed by atoms with Crippen molar-refractivity contribution in [2.24, 2.45) is 0 Å². The zero-order valence-corrected chi connectivity index (χ0v) is 15.5. The molecule has 0 radical (unpaired) electrons. The molecular formula is C19H28O7. The predicted octanol–water partition coefficient (Wildman–Crippen LogP) is 2.14. The molecule has 0 bridgehead atoms. The molecule has 0 saturated carbocycles. The van der Waals surface area contributed by atoms with Crippen LogP contribution in [0.2, 0.25) is 0 Å². The number of rotatable bonds is 14. The Labute approximate surface area is 154 Å². The molecule has 0 amide bonds. The number of carbonyl (C=O) groups excluding carboxylic acids is 1. The summed E-state index contributed by atoms with van der Waals surface area (Å²) in [5, 5.41) is 0. The van der Waals surface area contributed by atoms with E-state index in [1.165, 1.54) is 0 Å². The van der Waals surface area contributed by atoms with Crippen LogP contribution in [0.15, 0.2) is 24.3 Å². The second-order valence-corrected chi connectivity index (χ2v) is 5.57. The monoisotopic (exact) mass is 368 g/mol. The maximum atomic E-state index is 11.6. The molecule has 1 saturated heterocycles. The highest BCUT2D eigenvalue weighted by atomic mass is 16.6. The van der Waals surface area contributed by atoms with E-state index in [0.29, 0.717) is 52.9 Å². The number of ether oxygens (including phenoxy) is 6. The van der Waals surface area contributed by atoms with Gasteiger partial charge in [-0.1, -0.05) is 12.1 Å².